The van der Waals surface area contributed by atoms with Gasteiger partial charge in [0.15, 0.2) is 0 Å². The van der Waals surface area contributed by atoms with E-state index in [1.54, 1.807) is 18.5 Å². The molecule has 1 saturated carbocycles. The summed E-state index contributed by atoms with van der Waals surface area (Å²) in [5.41, 5.74) is 6.84. The maximum atomic E-state index is 13.0. The van der Waals surface area contributed by atoms with E-state index in [2.05, 4.69) is 15.2 Å². The maximum Gasteiger partial charge on any atom is 0.275 e. The number of fused-ring (bicyclic) bond motifs is 1. The zero-order valence-electron chi connectivity index (χ0n) is 17.7. The van der Waals surface area contributed by atoms with Gasteiger partial charge in [-0.15, -0.1) is 0 Å². The molecule has 4 heterocycles. The Kier molecular flexibility index (Phi) is 5.55. The molecule has 31 heavy (non-hydrogen) atoms. The summed E-state index contributed by atoms with van der Waals surface area (Å²) in [6, 6.07) is 7.99. The highest BCUT2D eigenvalue weighted by Crippen LogP contribution is 2.32. The van der Waals surface area contributed by atoms with Crippen molar-refractivity contribution in [3.8, 4) is 0 Å². The van der Waals surface area contributed by atoms with Crippen molar-refractivity contribution in [1.82, 2.24) is 24.8 Å². The van der Waals surface area contributed by atoms with Crippen molar-refractivity contribution in [2.45, 2.75) is 57.0 Å². The number of aromatic nitrogens is 4. The summed E-state index contributed by atoms with van der Waals surface area (Å²) < 4.78 is 1.81. The standard InChI is InChI=1S/C23H29N7O/c24-19-14-16-15-27-23(28-21(16)30(22(19)31)17-6-1-2-7-17)29(20-9-3-4-12-26-20)18-8-5-11-25-13-10-18/h3-4,9,12,14-15,17-18,25H,1-2,5-8,10-11,13,24H2. The van der Waals surface area contributed by atoms with Gasteiger partial charge in [-0.2, -0.15) is 4.98 Å². The molecular formula is C23H29N7O. The molecule has 1 saturated heterocycles. The van der Waals surface area contributed by atoms with Gasteiger partial charge in [0.05, 0.1) is 5.69 Å². The minimum absolute atomic E-state index is 0.145. The molecular weight excluding hydrogens is 390 g/mol. The van der Waals surface area contributed by atoms with Gasteiger partial charge in [0, 0.05) is 29.9 Å². The molecule has 3 aromatic heterocycles. The Morgan fingerprint density at radius 2 is 1.94 bits per heavy atom. The predicted molar refractivity (Wildman–Crippen MR) is 123 cm³/mol. The summed E-state index contributed by atoms with van der Waals surface area (Å²) in [6.45, 7) is 1.97. The van der Waals surface area contributed by atoms with Crippen molar-refractivity contribution in [3.05, 3.63) is 47.0 Å². The Labute approximate surface area is 181 Å². The number of nitrogens with two attached hydrogens (primary N) is 1. The number of nitrogens with one attached hydrogen (secondary N) is 1. The Balaban J connectivity index is 1.66. The highest BCUT2D eigenvalue weighted by atomic mass is 16.1. The summed E-state index contributed by atoms with van der Waals surface area (Å²) in [4.78, 5) is 29.4. The molecule has 1 aliphatic carbocycles. The van der Waals surface area contributed by atoms with Gasteiger partial charge < -0.3 is 11.1 Å². The number of pyridine rings is 2. The summed E-state index contributed by atoms with van der Waals surface area (Å²) in [6.07, 6.45) is 10.9. The second-order valence-electron chi connectivity index (χ2n) is 8.55. The third-order valence-corrected chi connectivity index (χ3v) is 6.50. The lowest BCUT2D eigenvalue weighted by molar-refractivity contribution is 0.516. The number of nitrogens with zero attached hydrogens (tertiary/aromatic N) is 5. The SMILES string of the molecule is Nc1cc2cnc(N(c3ccccn3)C3CCCNCC3)nc2n(C2CCCC2)c1=O. The first-order valence-corrected chi connectivity index (χ1v) is 11.3. The van der Waals surface area contributed by atoms with Crippen LogP contribution in [0.3, 0.4) is 0 Å². The molecule has 0 amide bonds. The fourth-order valence-electron chi connectivity index (χ4n) is 4.96. The maximum absolute atomic E-state index is 13.0. The molecule has 0 spiro atoms. The molecule has 0 aromatic carbocycles. The lowest BCUT2D eigenvalue weighted by Crippen LogP contribution is -2.34. The quantitative estimate of drug-likeness (QED) is 0.670. The first kappa shape index (κ1) is 19.9. The lowest BCUT2D eigenvalue weighted by Gasteiger charge is -2.30. The highest BCUT2D eigenvalue weighted by molar-refractivity contribution is 5.79. The van der Waals surface area contributed by atoms with E-state index in [1.165, 1.54) is 0 Å². The van der Waals surface area contributed by atoms with Crippen LogP contribution in [0.15, 0.2) is 41.5 Å². The summed E-state index contributed by atoms with van der Waals surface area (Å²) in [5, 5.41) is 4.28. The Hall–Kier alpha value is -3.00. The van der Waals surface area contributed by atoms with Crippen LogP contribution in [0.5, 0.6) is 0 Å². The molecule has 1 aliphatic heterocycles. The normalized spacial score (nSPS) is 20.1. The van der Waals surface area contributed by atoms with Gasteiger partial charge in [-0.3, -0.25) is 14.3 Å². The third-order valence-electron chi connectivity index (χ3n) is 6.50. The largest absolute Gasteiger partial charge is 0.394 e. The van der Waals surface area contributed by atoms with Crippen molar-refractivity contribution in [1.29, 1.82) is 0 Å². The third kappa shape index (κ3) is 3.87. The van der Waals surface area contributed by atoms with Crippen LogP contribution in [0.4, 0.5) is 17.5 Å². The van der Waals surface area contributed by atoms with Gasteiger partial charge in [-0.05, 0) is 63.4 Å². The van der Waals surface area contributed by atoms with E-state index in [1.807, 2.05) is 22.8 Å². The number of hydrogen-bond donors (Lipinski definition) is 2. The number of anilines is 3. The number of nitrogen functional groups attached to an aromatic ring is 1. The van der Waals surface area contributed by atoms with Crippen LogP contribution >= 0.6 is 0 Å². The minimum atomic E-state index is -0.146. The highest BCUT2D eigenvalue weighted by Gasteiger charge is 2.27. The smallest absolute Gasteiger partial charge is 0.275 e. The molecule has 2 fully saturated rings. The van der Waals surface area contributed by atoms with Crippen molar-refractivity contribution >= 4 is 28.5 Å². The Morgan fingerprint density at radius 1 is 1.06 bits per heavy atom. The Bertz CT molecular complexity index is 1100. The molecule has 3 N–H and O–H groups in total. The van der Waals surface area contributed by atoms with Gasteiger partial charge in [0.1, 0.15) is 11.5 Å². The summed E-state index contributed by atoms with van der Waals surface area (Å²) in [5.74, 6) is 1.42. The van der Waals surface area contributed by atoms with Gasteiger partial charge in [0.25, 0.3) is 5.56 Å². The van der Waals surface area contributed by atoms with Gasteiger partial charge in [-0.1, -0.05) is 18.9 Å². The summed E-state index contributed by atoms with van der Waals surface area (Å²) >= 11 is 0. The molecule has 5 rings (SSSR count). The van der Waals surface area contributed by atoms with Gasteiger partial charge in [-0.25, -0.2) is 9.97 Å². The molecule has 2 aliphatic rings. The van der Waals surface area contributed by atoms with E-state index in [0.29, 0.717) is 11.6 Å². The minimum Gasteiger partial charge on any atom is -0.394 e. The van der Waals surface area contributed by atoms with Gasteiger partial charge in [0.2, 0.25) is 5.95 Å². The number of rotatable bonds is 4. The molecule has 8 heteroatoms. The van der Waals surface area contributed by atoms with Gasteiger partial charge >= 0.3 is 0 Å². The molecule has 0 bridgehead atoms. The van der Waals surface area contributed by atoms with Crippen LogP contribution in [-0.4, -0.2) is 38.7 Å². The monoisotopic (exact) mass is 419 g/mol. The van der Waals surface area contributed by atoms with E-state index in [-0.39, 0.29) is 23.3 Å². The molecule has 162 valence electrons. The van der Waals surface area contributed by atoms with Crippen molar-refractivity contribution in [2.24, 2.45) is 0 Å². The average Bonchev–Trinajstić information content (AvgIpc) is 3.19. The molecule has 8 nitrogen and oxygen atoms in total. The average molecular weight is 420 g/mol. The molecule has 1 unspecified atom stereocenters. The predicted octanol–water partition coefficient (Wildman–Crippen LogP) is 3.16. The van der Waals surface area contributed by atoms with Crippen LogP contribution in [-0.2, 0) is 0 Å². The fourth-order valence-corrected chi connectivity index (χ4v) is 4.96. The molecule has 1 atom stereocenters. The summed E-state index contributed by atoms with van der Waals surface area (Å²) in [7, 11) is 0. The second-order valence-corrected chi connectivity index (χ2v) is 8.55. The van der Waals surface area contributed by atoms with E-state index in [4.69, 9.17) is 15.7 Å². The van der Waals surface area contributed by atoms with E-state index >= 15 is 0 Å². The number of hydrogen-bond acceptors (Lipinski definition) is 7. The topological polar surface area (TPSA) is 102 Å². The van der Waals surface area contributed by atoms with Crippen LogP contribution < -0.4 is 21.5 Å². The van der Waals surface area contributed by atoms with Crippen molar-refractivity contribution in [3.63, 3.8) is 0 Å². The van der Waals surface area contributed by atoms with Crippen LogP contribution in [0.2, 0.25) is 0 Å². The van der Waals surface area contributed by atoms with Crippen LogP contribution in [0.25, 0.3) is 11.0 Å². The van der Waals surface area contributed by atoms with Crippen LogP contribution in [0.1, 0.15) is 51.0 Å². The van der Waals surface area contributed by atoms with E-state index < -0.39 is 0 Å². The lowest BCUT2D eigenvalue weighted by atomic mass is 10.1. The van der Waals surface area contributed by atoms with E-state index in [0.717, 1.165) is 69.2 Å². The fraction of sp³-hybridized carbons (Fsp3) is 0.478. The zero-order valence-corrected chi connectivity index (χ0v) is 17.7. The van der Waals surface area contributed by atoms with E-state index in [9.17, 15) is 4.79 Å². The molecule has 3 aromatic rings. The van der Waals surface area contributed by atoms with Crippen LogP contribution in [0, 0.1) is 0 Å². The zero-order chi connectivity index (χ0) is 21.2. The first-order valence-electron chi connectivity index (χ1n) is 11.3. The molecule has 0 radical (unpaired) electrons. The first-order chi connectivity index (χ1) is 15.2. The van der Waals surface area contributed by atoms with Crippen molar-refractivity contribution < 1.29 is 0 Å². The Morgan fingerprint density at radius 3 is 2.74 bits per heavy atom. The second kappa shape index (κ2) is 8.63. The van der Waals surface area contributed by atoms with Crippen molar-refractivity contribution in [2.75, 3.05) is 23.7 Å².